The van der Waals surface area contributed by atoms with E-state index in [4.69, 9.17) is 5.11 Å². The average molecular weight is 192 g/mol. The molecule has 4 nitrogen and oxygen atoms in total. The topological polar surface area (TPSA) is 63.1 Å². The fraction of sp³-hybridized carbons (Fsp3) is 0.400. The molecule has 1 aromatic rings. The molecule has 0 aliphatic carbocycles. The van der Waals surface area contributed by atoms with Gasteiger partial charge < -0.3 is 5.11 Å². The van der Waals surface area contributed by atoms with E-state index in [1.807, 2.05) is 6.92 Å². The second-order valence-electron chi connectivity index (χ2n) is 1.51. The molecule has 0 saturated carbocycles. The van der Waals surface area contributed by atoms with Crippen molar-refractivity contribution in [1.82, 2.24) is 10.2 Å². The van der Waals surface area contributed by atoms with Crippen molar-refractivity contribution in [3.63, 3.8) is 0 Å². The first-order valence-electron chi connectivity index (χ1n) is 2.72. The van der Waals surface area contributed by atoms with Gasteiger partial charge in [-0.05, 0) is 6.92 Å². The summed E-state index contributed by atoms with van der Waals surface area (Å²) in [5.74, 6) is -0.965. The molecule has 0 spiro atoms. The number of hydrogen-bond donors (Lipinski definition) is 2. The van der Waals surface area contributed by atoms with E-state index in [1.54, 1.807) is 16.8 Å². The van der Waals surface area contributed by atoms with E-state index < -0.39 is 5.97 Å². The van der Waals surface area contributed by atoms with Gasteiger partial charge in [-0.2, -0.15) is 12.6 Å². The van der Waals surface area contributed by atoms with Crippen LogP contribution in [0.3, 0.4) is 0 Å². The van der Waals surface area contributed by atoms with Gasteiger partial charge in [0, 0.05) is 0 Å². The molecule has 11 heavy (non-hydrogen) atoms. The Bertz CT molecular complexity index is 200. The van der Waals surface area contributed by atoms with E-state index >= 15 is 0 Å². The molecule has 0 radical (unpaired) electrons. The second-order valence-corrected chi connectivity index (χ2v) is 2.86. The molecule has 1 N–H and O–H groups in total. The summed E-state index contributed by atoms with van der Waals surface area (Å²) in [6, 6.07) is 0. The third-order valence-electron chi connectivity index (χ3n) is 0.604. The molecule has 62 valence electrons. The smallest absolute Gasteiger partial charge is 0.313 e. The SMILES string of the molecule is Cc1nncs1.O=C(O)CS. The number of carbonyl (C=O) groups is 1. The molecule has 0 amide bonds. The lowest BCUT2D eigenvalue weighted by Crippen LogP contribution is -1.92. The van der Waals surface area contributed by atoms with E-state index in [0.717, 1.165) is 5.01 Å². The van der Waals surface area contributed by atoms with Crippen LogP contribution in [0.25, 0.3) is 0 Å². The Labute approximate surface area is 73.7 Å². The van der Waals surface area contributed by atoms with Gasteiger partial charge in [-0.15, -0.1) is 21.5 Å². The van der Waals surface area contributed by atoms with Crippen LogP contribution in [0.4, 0.5) is 0 Å². The van der Waals surface area contributed by atoms with Gasteiger partial charge >= 0.3 is 5.97 Å². The summed E-state index contributed by atoms with van der Waals surface area (Å²) in [5, 5.41) is 15.9. The molecule has 0 aromatic carbocycles. The number of aryl methyl sites for hydroxylation is 1. The monoisotopic (exact) mass is 192 g/mol. The maximum absolute atomic E-state index is 9.29. The summed E-state index contributed by atoms with van der Waals surface area (Å²) in [4.78, 5) is 9.29. The van der Waals surface area contributed by atoms with E-state index in [2.05, 4.69) is 22.8 Å². The van der Waals surface area contributed by atoms with Crippen molar-refractivity contribution in [3.05, 3.63) is 10.5 Å². The Morgan fingerprint density at radius 3 is 2.55 bits per heavy atom. The van der Waals surface area contributed by atoms with Gasteiger partial charge in [-0.25, -0.2) is 0 Å². The number of aromatic nitrogens is 2. The Hall–Kier alpha value is -0.620. The predicted molar refractivity (Wildman–Crippen MR) is 46.1 cm³/mol. The van der Waals surface area contributed by atoms with Gasteiger partial charge in [0.05, 0.1) is 5.75 Å². The van der Waals surface area contributed by atoms with Crippen LogP contribution in [0.1, 0.15) is 5.01 Å². The Morgan fingerprint density at radius 2 is 2.45 bits per heavy atom. The van der Waals surface area contributed by atoms with Gasteiger partial charge in [-0.3, -0.25) is 4.79 Å². The lowest BCUT2D eigenvalue weighted by molar-refractivity contribution is -0.133. The van der Waals surface area contributed by atoms with Gasteiger partial charge in [0.1, 0.15) is 10.5 Å². The molecule has 0 aliphatic heterocycles. The third-order valence-corrected chi connectivity index (χ3v) is 1.50. The minimum atomic E-state index is -0.881. The first kappa shape index (κ1) is 10.4. The van der Waals surface area contributed by atoms with Crippen molar-refractivity contribution in [1.29, 1.82) is 0 Å². The summed E-state index contributed by atoms with van der Waals surface area (Å²) in [6.07, 6.45) is 0. The summed E-state index contributed by atoms with van der Waals surface area (Å²) in [6.45, 7) is 1.93. The third kappa shape index (κ3) is 7.27. The molecule has 0 bridgehead atoms. The maximum Gasteiger partial charge on any atom is 0.313 e. The maximum atomic E-state index is 9.29. The van der Waals surface area contributed by atoms with E-state index in [9.17, 15) is 4.79 Å². The number of aliphatic carboxylic acids is 1. The molecule has 0 saturated heterocycles. The summed E-state index contributed by atoms with van der Waals surface area (Å²) < 4.78 is 0. The van der Waals surface area contributed by atoms with Gasteiger partial charge in [0.15, 0.2) is 0 Å². The van der Waals surface area contributed by atoms with Crippen LogP contribution in [0, 0.1) is 6.92 Å². The molecule has 0 fully saturated rings. The molecular formula is C5H8N2O2S2. The number of rotatable bonds is 1. The highest BCUT2D eigenvalue weighted by Gasteiger charge is 1.81. The van der Waals surface area contributed by atoms with Crippen LogP contribution in [0.2, 0.25) is 0 Å². The van der Waals surface area contributed by atoms with Crippen molar-refractivity contribution in [3.8, 4) is 0 Å². The van der Waals surface area contributed by atoms with Crippen LogP contribution < -0.4 is 0 Å². The Morgan fingerprint density at radius 1 is 1.91 bits per heavy atom. The molecule has 0 aliphatic rings. The molecule has 6 heteroatoms. The highest BCUT2D eigenvalue weighted by atomic mass is 32.1. The molecule has 0 unspecified atom stereocenters. The van der Waals surface area contributed by atoms with Crippen molar-refractivity contribution in [2.24, 2.45) is 0 Å². The van der Waals surface area contributed by atoms with E-state index in [-0.39, 0.29) is 5.75 Å². The van der Waals surface area contributed by atoms with Gasteiger partial charge in [0.25, 0.3) is 0 Å². The molecule has 0 atom stereocenters. The lowest BCUT2D eigenvalue weighted by atomic mass is 10.8. The zero-order valence-corrected chi connectivity index (χ0v) is 7.60. The summed E-state index contributed by atoms with van der Waals surface area (Å²) >= 11 is 4.97. The van der Waals surface area contributed by atoms with Crippen molar-refractivity contribution in [2.75, 3.05) is 5.75 Å². The van der Waals surface area contributed by atoms with Crippen LogP contribution in [-0.2, 0) is 4.79 Å². The molecular weight excluding hydrogens is 184 g/mol. The average Bonchev–Trinajstić information content (AvgIpc) is 2.41. The molecule has 1 rings (SSSR count). The molecule has 1 aromatic heterocycles. The zero-order valence-electron chi connectivity index (χ0n) is 5.89. The second kappa shape index (κ2) is 6.11. The highest BCUT2D eigenvalue weighted by molar-refractivity contribution is 7.81. The van der Waals surface area contributed by atoms with Crippen LogP contribution in [-0.4, -0.2) is 27.0 Å². The first-order valence-corrected chi connectivity index (χ1v) is 4.23. The van der Waals surface area contributed by atoms with E-state index in [1.165, 1.54) is 0 Å². The molecule has 1 heterocycles. The van der Waals surface area contributed by atoms with Crippen LogP contribution in [0.5, 0.6) is 0 Å². The largest absolute Gasteiger partial charge is 0.481 e. The fourth-order valence-electron chi connectivity index (χ4n) is 0.228. The first-order chi connectivity index (χ1) is 5.16. The number of thiol groups is 1. The normalized spacial score (nSPS) is 8.18. The van der Waals surface area contributed by atoms with Crippen molar-refractivity contribution < 1.29 is 9.90 Å². The minimum Gasteiger partial charge on any atom is -0.481 e. The van der Waals surface area contributed by atoms with Crippen LogP contribution in [0.15, 0.2) is 5.51 Å². The quantitative estimate of drug-likeness (QED) is 0.647. The van der Waals surface area contributed by atoms with Crippen molar-refractivity contribution in [2.45, 2.75) is 6.92 Å². The lowest BCUT2D eigenvalue weighted by Gasteiger charge is -1.71. The zero-order chi connectivity index (χ0) is 8.69. The number of nitrogens with zero attached hydrogens (tertiary/aromatic N) is 2. The predicted octanol–water partition coefficient (Wildman–Crippen LogP) is 0.847. The Kier molecular flexibility index (Phi) is 5.77. The summed E-state index contributed by atoms with van der Waals surface area (Å²) in [5.41, 5.74) is 1.72. The van der Waals surface area contributed by atoms with Crippen molar-refractivity contribution >= 4 is 29.9 Å². The van der Waals surface area contributed by atoms with E-state index in [0.29, 0.717) is 0 Å². The minimum absolute atomic E-state index is 0.0833. The number of carboxylic acid groups (broad SMARTS) is 1. The van der Waals surface area contributed by atoms with Gasteiger partial charge in [-0.1, -0.05) is 0 Å². The standard InChI is InChI=1S/C3H4N2S.C2H4O2S/c1-3-5-4-2-6-3;3-2(4)1-5/h2H,1H3;5H,1H2,(H,3,4). The fourth-order valence-corrected chi connectivity index (χ4v) is 0.569. The number of hydrogen-bond acceptors (Lipinski definition) is 5. The Balaban J connectivity index is 0.000000187. The highest BCUT2D eigenvalue weighted by Crippen LogP contribution is 1.94. The summed E-state index contributed by atoms with van der Waals surface area (Å²) in [7, 11) is 0. The van der Waals surface area contributed by atoms with Crippen LogP contribution >= 0.6 is 24.0 Å². The number of carboxylic acids is 1. The van der Waals surface area contributed by atoms with Gasteiger partial charge in [0.2, 0.25) is 0 Å².